The van der Waals surface area contributed by atoms with E-state index >= 15 is 0 Å². The molecule has 0 bridgehead atoms. The molecule has 1 saturated heterocycles. The Labute approximate surface area is 210 Å². The van der Waals surface area contributed by atoms with Crippen molar-refractivity contribution >= 4 is 49.5 Å². The van der Waals surface area contributed by atoms with E-state index in [1.54, 1.807) is 12.1 Å². The van der Waals surface area contributed by atoms with Gasteiger partial charge in [-0.15, -0.1) is 20.4 Å². The number of hydrogen-bond acceptors (Lipinski definition) is 11. The number of azo groups is 1. The number of rotatable bonds is 8. The quantitative estimate of drug-likeness (QED) is 0.292. The smallest absolute Gasteiger partial charge is 0.371 e. The van der Waals surface area contributed by atoms with Crippen LogP contribution in [0.2, 0.25) is 0 Å². The van der Waals surface area contributed by atoms with E-state index in [-0.39, 0.29) is 21.5 Å². The second-order valence-electron chi connectivity index (χ2n) is 8.75. The number of alkyl halides is 2. The molecular weight excluding hydrogens is 518 g/mol. The Kier molecular flexibility index (Phi) is 7.12. The molecule has 36 heavy (non-hydrogen) atoms. The molecular formula is C21H24F2N6O5S2. The van der Waals surface area contributed by atoms with Crippen molar-refractivity contribution < 1.29 is 31.5 Å². The van der Waals surface area contributed by atoms with E-state index in [4.69, 9.17) is 9.47 Å². The Morgan fingerprint density at radius 1 is 1.19 bits per heavy atom. The average Bonchev–Trinajstić information content (AvgIpc) is 3.55. The molecule has 11 nitrogen and oxygen atoms in total. The first-order chi connectivity index (χ1) is 17.3. The van der Waals surface area contributed by atoms with Crippen molar-refractivity contribution in [1.29, 1.82) is 0 Å². The first-order valence-electron chi connectivity index (χ1n) is 11.6. The molecule has 1 aliphatic carbocycles. The number of halogens is 2. The molecule has 1 saturated carbocycles. The zero-order valence-corrected chi connectivity index (χ0v) is 20.7. The van der Waals surface area contributed by atoms with Gasteiger partial charge >= 0.3 is 11.7 Å². The van der Waals surface area contributed by atoms with Crippen LogP contribution in [0.25, 0.3) is 0 Å². The van der Waals surface area contributed by atoms with Gasteiger partial charge in [0.1, 0.15) is 12.3 Å². The van der Waals surface area contributed by atoms with E-state index < -0.39 is 28.0 Å². The number of esters is 1. The summed E-state index contributed by atoms with van der Waals surface area (Å²) in [5, 5.41) is 15.5. The Balaban J connectivity index is 1.45. The number of ether oxygens (including phenoxy) is 2. The second kappa shape index (κ2) is 10.3. The van der Waals surface area contributed by atoms with Gasteiger partial charge in [-0.3, -0.25) is 4.72 Å². The number of aromatic nitrogens is 2. The number of epoxide rings is 1. The van der Waals surface area contributed by atoms with Crippen LogP contribution >= 0.6 is 11.3 Å². The summed E-state index contributed by atoms with van der Waals surface area (Å²) in [6.45, 7) is 1.14. The first-order valence-corrected chi connectivity index (χ1v) is 14.0. The maximum Gasteiger partial charge on any atom is 0.371 e. The fourth-order valence-electron chi connectivity index (χ4n) is 4.49. The zero-order valence-electron chi connectivity index (χ0n) is 19.1. The van der Waals surface area contributed by atoms with E-state index in [2.05, 4.69) is 25.3 Å². The number of hydrogen-bond donors (Lipinski definition) is 1. The third-order valence-corrected chi connectivity index (χ3v) is 7.99. The molecule has 15 heteroatoms. The predicted octanol–water partition coefficient (Wildman–Crippen LogP) is 4.52. The monoisotopic (exact) mass is 542 g/mol. The summed E-state index contributed by atoms with van der Waals surface area (Å²) in [5.74, 6) is -4.32. The van der Waals surface area contributed by atoms with E-state index in [0.717, 1.165) is 67.7 Å². The zero-order chi connectivity index (χ0) is 25.3. The highest BCUT2D eigenvalue weighted by Gasteiger charge is 2.31. The van der Waals surface area contributed by atoms with Gasteiger partial charge in [-0.25, -0.2) is 13.2 Å². The van der Waals surface area contributed by atoms with Crippen molar-refractivity contribution in [3.8, 4) is 0 Å². The predicted molar refractivity (Wildman–Crippen MR) is 127 cm³/mol. The Morgan fingerprint density at radius 2 is 1.97 bits per heavy atom. The molecule has 2 aliphatic heterocycles. The molecule has 1 unspecified atom stereocenters. The largest absolute Gasteiger partial charge is 0.428 e. The van der Waals surface area contributed by atoms with Gasteiger partial charge in [-0.2, -0.15) is 8.78 Å². The lowest BCUT2D eigenvalue weighted by molar-refractivity contribution is 0.0296. The number of fused-ring (bicyclic) bond motifs is 1. The standard InChI is InChI=1S/C21H24F2N6O5S2/c22-20(23)36(31,32)28-15-10-16-12(5-4-8-29(16)13-6-2-1-3-7-13)9-14(15)24-26-21-27-25-18(35-21)19(30)34-17-11-33-17/h9-10,13,17,20,28H,1-8,11H2. The van der Waals surface area contributed by atoms with Crippen LogP contribution in [0.1, 0.15) is 53.9 Å². The van der Waals surface area contributed by atoms with Crippen molar-refractivity contribution in [1.82, 2.24) is 10.2 Å². The van der Waals surface area contributed by atoms with Crippen molar-refractivity contribution in [3.63, 3.8) is 0 Å². The van der Waals surface area contributed by atoms with Gasteiger partial charge in [0.15, 0.2) is 0 Å². The van der Waals surface area contributed by atoms with Gasteiger partial charge in [0.2, 0.25) is 11.3 Å². The van der Waals surface area contributed by atoms with Crippen molar-refractivity contribution in [2.24, 2.45) is 10.2 Å². The fraction of sp³-hybridized carbons (Fsp3) is 0.571. The molecule has 1 N–H and O–H groups in total. The average molecular weight is 543 g/mol. The van der Waals surface area contributed by atoms with Crippen LogP contribution in [0, 0.1) is 0 Å². The Hall–Kier alpha value is -2.78. The second-order valence-corrected chi connectivity index (χ2v) is 11.4. The molecule has 0 spiro atoms. The highest BCUT2D eigenvalue weighted by molar-refractivity contribution is 7.93. The van der Waals surface area contributed by atoms with Gasteiger partial charge in [0.05, 0.1) is 5.69 Å². The number of anilines is 2. The van der Waals surface area contributed by atoms with Gasteiger partial charge in [0.25, 0.3) is 15.2 Å². The van der Waals surface area contributed by atoms with Gasteiger partial charge in [-0.05, 0) is 43.4 Å². The van der Waals surface area contributed by atoms with E-state index in [9.17, 15) is 22.0 Å². The lowest BCUT2D eigenvalue weighted by atomic mass is 9.91. The summed E-state index contributed by atoms with van der Waals surface area (Å²) in [5.41, 5.74) is 1.72. The van der Waals surface area contributed by atoms with Crippen LogP contribution < -0.4 is 9.62 Å². The van der Waals surface area contributed by atoms with E-state index in [1.165, 1.54) is 6.42 Å². The molecule has 3 heterocycles. The normalized spacial score (nSPS) is 20.5. The maximum absolute atomic E-state index is 13.2. The summed E-state index contributed by atoms with van der Waals surface area (Å²) >= 11 is 0.822. The molecule has 0 radical (unpaired) electrons. The number of sulfonamides is 1. The van der Waals surface area contributed by atoms with Crippen LogP contribution in [0.15, 0.2) is 22.4 Å². The number of carbonyl (C=O) groups is 1. The molecule has 5 rings (SSSR count). The topological polar surface area (TPSA) is 139 Å². The maximum atomic E-state index is 13.2. The third kappa shape index (κ3) is 5.62. The SMILES string of the molecule is O=C(OC1CO1)c1nnc(N=Nc2cc3c(cc2NS(=O)(=O)C(F)F)N(C2CCCCC2)CCC3)s1. The van der Waals surface area contributed by atoms with E-state index in [0.29, 0.717) is 12.6 Å². The van der Waals surface area contributed by atoms with Gasteiger partial charge < -0.3 is 14.4 Å². The van der Waals surface area contributed by atoms with Crippen LogP contribution in [0.4, 0.5) is 31.0 Å². The fourth-order valence-corrected chi connectivity index (χ4v) is 5.60. The minimum absolute atomic E-state index is 0.0166. The molecule has 1 aromatic carbocycles. The Bertz CT molecular complexity index is 1260. The van der Waals surface area contributed by atoms with E-state index in [1.807, 2.05) is 4.72 Å². The highest BCUT2D eigenvalue weighted by atomic mass is 32.2. The minimum Gasteiger partial charge on any atom is -0.428 e. The van der Waals surface area contributed by atoms with Crippen molar-refractivity contribution in [3.05, 3.63) is 22.7 Å². The van der Waals surface area contributed by atoms with Gasteiger partial charge in [0, 0.05) is 18.3 Å². The summed E-state index contributed by atoms with van der Waals surface area (Å²) < 4.78 is 62.2. The summed E-state index contributed by atoms with van der Waals surface area (Å²) in [6, 6.07) is 3.55. The number of nitrogens with zero attached hydrogens (tertiary/aromatic N) is 5. The number of aryl methyl sites for hydroxylation is 1. The van der Waals surface area contributed by atoms with Crippen molar-refractivity contribution in [2.75, 3.05) is 22.8 Å². The lowest BCUT2D eigenvalue weighted by Gasteiger charge is -2.40. The van der Waals surface area contributed by atoms with Crippen LogP contribution in [0.3, 0.4) is 0 Å². The Morgan fingerprint density at radius 3 is 2.69 bits per heavy atom. The molecule has 2 fully saturated rings. The number of benzene rings is 1. The highest BCUT2D eigenvalue weighted by Crippen LogP contribution is 2.41. The molecule has 1 atom stereocenters. The lowest BCUT2D eigenvalue weighted by Crippen LogP contribution is -2.40. The van der Waals surface area contributed by atoms with Crippen LogP contribution in [0.5, 0.6) is 0 Å². The first kappa shape index (κ1) is 24.9. The molecule has 0 amide bonds. The molecule has 3 aliphatic rings. The molecule has 2 aromatic rings. The molecule has 1 aromatic heterocycles. The summed E-state index contributed by atoms with van der Waals surface area (Å²) in [6.07, 6.45) is 6.57. The molecule has 194 valence electrons. The van der Waals surface area contributed by atoms with Crippen LogP contribution in [-0.4, -0.2) is 55.8 Å². The van der Waals surface area contributed by atoms with Crippen molar-refractivity contribution in [2.45, 2.75) is 63.0 Å². The van der Waals surface area contributed by atoms with Gasteiger partial charge in [-0.1, -0.05) is 30.6 Å². The minimum atomic E-state index is -4.94. The third-order valence-electron chi connectivity index (χ3n) is 6.23. The summed E-state index contributed by atoms with van der Waals surface area (Å²) in [4.78, 5) is 14.2. The van der Waals surface area contributed by atoms with Crippen LogP contribution in [-0.2, 0) is 25.9 Å². The number of carbonyl (C=O) groups excluding carboxylic acids is 1. The number of nitrogens with one attached hydrogen (secondary N) is 1. The summed E-state index contributed by atoms with van der Waals surface area (Å²) in [7, 11) is -4.94.